The molecule has 2 unspecified atom stereocenters. The van der Waals surface area contributed by atoms with Gasteiger partial charge in [-0.2, -0.15) is 0 Å². The molecule has 1 aromatic heterocycles. The minimum absolute atomic E-state index is 0.0505. The zero-order valence-corrected chi connectivity index (χ0v) is 12.6. The summed E-state index contributed by atoms with van der Waals surface area (Å²) in [5, 5.41) is 0. The van der Waals surface area contributed by atoms with Crippen molar-refractivity contribution in [1.29, 1.82) is 0 Å². The van der Waals surface area contributed by atoms with Crippen LogP contribution in [-0.4, -0.2) is 19.4 Å². The van der Waals surface area contributed by atoms with Gasteiger partial charge in [0.25, 0.3) is 10.0 Å². The lowest BCUT2D eigenvalue weighted by Gasteiger charge is -2.28. The molecule has 0 aliphatic heterocycles. The van der Waals surface area contributed by atoms with Gasteiger partial charge in [-0.05, 0) is 18.8 Å². The number of nitrogens with one attached hydrogen (secondary N) is 1. The first-order chi connectivity index (χ1) is 8.51. The SMILES string of the molecule is CCC1CCCC(NS(=O)(=O)c2cnc(Cl)s2)C1. The van der Waals surface area contributed by atoms with Crippen molar-refractivity contribution in [3.8, 4) is 0 Å². The average molecular weight is 309 g/mol. The number of aromatic nitrogens is 1. The summed E-state index contributed by atoms with van der Waals surface area (Å²) in [6, 6.07) is 0.0505. The van der Waals surface area contributed by atoms with Crippen LogP contribution in [0.2, 0.25) is 4.47 Å². The van der Waals surface area contributed by atoms with Crippen LogP contribution in [0.3, 0.4) is 0 Å². The maximum Gasteiger partial charge on any atom is 0.251 e. The van der Waals surface area contributed by atoms with Crippen LogP contribution in [0.4, 0.5) is 0 Å². The van der Waals surface area contributed by atoms with E-state index in [2.05, 4.69) is 16.6 Å². The number of halogens is 1. The predicted molar refractivity (Wildman–Crippen MR) is 73.5 cm³/mol. The fraction of sp³-hybridized carbons (Fsp3) is 0.727. The molecule has 0 radical (unpaired) electrons. The quantitative estimate of drug-likeness (QED) is 0.930. The van der Waals surface area contributed by atoms with Crippen molar-refractivity contribution in [2.45, 2.75) is 49.3 Å². The fourth-order valence-electron chi connectivity index (χ4n) is 2.41. The number of rotatable bonds is 4. The summed E-state index contributed by atoms with van der Waals surface area (Å²) >= 11 is 6.66. The molecule has 0 saturated heterocycles. The molecule has 1 heterocycles. The summed E-state index contributed by atoms with van der Waals surface area (Å²) in [6.45, 7) is 2.16. The van der Waals surface area contributed by atoms with Gasteiger partial charge in [-0.25, -0.2) is 18.1 Å². The Morgan fingerprint density at radius 2 is 2.33 bits per heavy atom. The Balaban J connectivity index is 2.04. The normalized spacial score (nSPS) is 25.2. The van der Waals surface area contributed by atoms with E-state index in [1.165, 1.54) is 12.6 Å². The largest absolute Gasteiger partial charge is 0.251 e. The molecule has 1 N–H and O–H groups in total. The minimum atomic E-state index is -3.45. The van der Waals surface area contributed by atoms with E-state index in [1.54, 1.807) is 0 Å². The van der Waals surface area contributed by atoms with Crippen molar-refractivity contribution < 1.29 is 8.42 Å². The summed E-state index contributed by atoms with van der Waals surface area (Å²) in [5.41, 5.74) is 0. The van der Waals surface area contributed by atoms with E-state index in [1.807, 2.05) is 0 Å². The second kappa shape index (κ2) is 5.86. The standard InChI is InChI=1S/C11H17ClN2O2S2/c1-2-8-4-3-5-9(6-8)14-18(15,16)10-7-13-11(12)17-10/h7-9,14H,2-6H2,1H3. The van der Waals surface area contributed by atoms with Crippen molar-refractivity contribution in [1.82, 2.24) is 9.71 Å². The van der Waals surface area contributed by atoms with Crippen LogP contribution in [0, 0.1) is 5.92 Å². The summed E-state index contributed by atoms with van der Waals surface area (Å²) in [6.07, 6.45) is 6.58. The van der Waals surface area contributed by atoms with Gasteiger partial charge in [-0.3, -0.25) is 0 Å². The third-order valence-corrected chi connectivity index (χ3v) is 6.50. The highest BCUT2D eigenvalue weighted by Gasteiger charge is 2.26. The van der Waals surface area contributed by atoms with Crippen LogP contribution in [0.5, 0.6) is 0 Å². The molecule has 7 heteroatoms. The molecule has 18 heavy (non-hydrogen) atoms. The Hall–Kier alpha value is -0.170. The lowest BCUT2D eigenvalue weighted by atomic mass is 9.85. The first-order valence-corrected chi connectivity index (χ1v) is 8.82. The Labute approximate surface area is 117 Å². The maximum absolute atomic E-state index is 12.1. The van der Waals surface area contributed by atoms with Crippen LogP contribution in [-0.2, 0) is 10.0 Å². The average Bonchev–Trinajstić information content (AvgIpc) is 2.76. The summed E-state index contributed by atoms with van der Waals surface area (Å²) < 4.78 is 27.4. The molecule has 0 amide bonds. The van der Waals surface area contributed by atoms with Crippen LogP contribution < -0.4 is 4.72 Å². The zero-order chi connectivity index (χ0) is 13.2. The highest BCUT2D eigenvalue weighted by molar-refractivity contribution is 7.91. The van der Waals surface area contributed by atoms with Crippen molar-refractivity contribution in [3.63, 3.8) is 0 Å². The van der Waals surface area contributed by atoms with Gasteiger partial charge in [0.1, 0.15) is 0 Å². The van der Waals surface area contributed by atoms with E-state index in [0.29, 0.717) is 5.92 Å². The maximum atomic E-state index is 12.1. The lowest BCUT2D eigenvalue weighted by molar-refractivity contribution is 0.301. The van der Waals surface area contributed by atoms with E-state index in [4.69, 9.17) is 11.6 Å². The molecule has 1 fully saturated rings. The van der Waals surface area contributed by atoms with Crippen molar-refractivity contribution >= 4 is 33.0 Å². The van der Waals surface area contributed by atoms with Crippen molar-refractivity contribution in [2.24, 2.45) is 5.92 Å². The van der Waals surface area contributed by atoms with Crippen LogP contribution in [0.25, 0.3) is 0 Å². The second-order valence-corrected chi connectivity index (χ2v) is 8.24. The van der Waals surface area contributed by atoms with Gasteiger partial charge < -0.3 is 0 Å². The van der Waals surface area contributed by atoms with Crippen LogP contribution >= 0.6 is 22.9 Å². The molecule has 1 aromatic rings. The molecular weight excluding hydrogens is 292 g/mol. The van der Waals surface area contributed by atoms with Gasteiger partial charge in [0, 0.05) is 6.04 Å². The van der Waals surface area contributed by atoms with Gasteiger partial charge in [0.15, 0.2) is 8.68 Å². The topological polar surface area (TPSA) is 59.1 Å². The van der Waals surface area contributed by atoms with Gasteiger partial charge >= 0.3 is 0 Å². The van der Waals surface area contributed by atoms with E-state index in [0.717, 1.165) is 37.0 Å². The monoisotopic (exact) mass is 308 g/mol. The third-order valence-electron chi connectivity index (χ3n) is 3.40. The van der Waals surface area contributed by atoms with Crippen LogP contribution in [0.15, 0.2) is 10.4 Å². The third kappa shape index (κ3) is 3.44. The molecule has 4 nitrogen and oxygen atoms in total. The molecule has 0 spiro atoms. The minimum Gasteiger partial charge on any atom is -0.232 e. The van der Waals surface area contributed by atoms with Gasteiger partial charge in [0.05, 0.1) is 6.20 Å². The smallest absolute Gasteiger partial charge is 0.232 e. The summed E-state index contributed by atoms with van der Waals surface area (Å²) in [5.74, 6) is 0.636. The van der Waals surface area contributed by atoms with Crippen molar-refractivity contribution in [3.05, 3.63) is 10.7 Å². The fourth-order valence-corrected chi connectivity index (χ4v) is 5.00. The predicted octanol–water partition coefficient (Wildman–Crippen LogP) is 3.04. The molecule has 1 aliphatic rings. The zero-order valence-electron chi connectivity index (χ0n) is 10.2. The molecule has 0 aromatic carbocycles. The summed E-state index contributed by atoms with van der Waals surface area (Å²) in [7, 11) is -3.45. The lowest BCUT2D eigenvalue weighted by Crippen LogP contribution is -2.38. The second-order valence-electron chi connectivity index (χ2n) is 4.69. The first-order valence-electron chi connectivity index (χ1n) is 6.15. The Kier molecular flexibility index (Phi) is 4.64. The highest BCUT2D eigenvalue weighted by Crippen LogP contribution is 2.28. The molecule has 1 saturated carbocycles. The Morgan fingerprint density at radius 3 is 2.94 bits per heavy atom. The van der Waals surface area contributed by atoms with E-state index < -0.39 is 10.0 Å². The Morgan fingerprint density at radius 1 is 1.56 bits per heavy atom. The first kappa shape index (κ1) is 14.2. The van der Waals surface area contributed by atoms with E-state index in [9.17, 15) is 8.42 Å². The molecule has 102 valence electrons. The van der Waals surface area contributed by atoms with Gasteiger partial charge in [0.2, 0.25) is 0 Å². The van der Waals surface area contributed by atoms with Gasteiger partial charge in [-0.15, -0.1) is 0 Å². The molecule has 0 bridgehead atoms. The Bertz CT molecular complexity index is 501. The molecule has 1 aliphatic carbocycles. The number of sulfonamides is 1. The molecular formula is C11H17ClN2O2S2. The highest BCUT2D eigenvalue weighted by atomic mass is 35.5. The number of thiazole rings is 1. The number of hydrogen-bond donors (Lipinski definition) is 1. The molecule has 2 rings (SSSR count). The molecule has 2 atom stereocenters. The van der Waals surface area contributed by atoms with E-state index >= 15 is 0 Å². The number of nitrogens with zero attached hydrogens (tertiary/aromatic N) is 1. The van der Waals surface area contributed by atoms with Crippen molar-refractivity contribution in [2.75, 3.05) is 0 Å². The van der Waals surface area contributed by atoms with E-state index in [-0.39, 0.29) is 14.7 Å². The van der Waals surface area contributed by atoms with Crippen LogP contribution in [0.1, 0.15) is 39.0 Å². The van der Waals surface area contributed by atoms with Gasteiger partial charge in [-0.1, -0.05) is 49.1 Å². The summed E-state index contributed by atoms with van der Waals surface area (Å²) in [4.78, 5) is 3.77. The number of hydrogen-bond acceptors (Lipinski definition) is 4.